The minimum absolute atomic E-state index is 0. The number of rotatable bonds is 0. The Hall–Kier alpha value is 2.25. The molecule has 0 rings (SSSR count). The van der Waals surface area contributed by atoms with Crippen molar-refractivity contribution in [1.29, 1.82) is 0 Å². The summed E-state index contributed by atoms with van der Waals surface area (Å²) < 4.78 is 17.1. The van der Waals surface area contributed by atoms with Crippen molar-refractivity contribution < 1.29 is 38.5 Å². The first-order valence-corrected chi connectivity index (χ1v) is 4.38. The molecule has 0 aromatic heterocycles. The Bertz CT molecular complexity index is 129. The van der Waals surface area contributed by atoms with Crippen LogP contribution in [0, 0.1) is 0 Å². The van der Waals surface area contributed by atoms with Crippen LogP contribution in [0.5, 0.6) is 0 Å². The number of hydrogen-bond acceptors (Lipinski definition) is 8. The molecule has 0 heterocycles. The van der Waals surface area contributed by atoms with Gasteiger partial charge in [-0.25, -0.2) is 0 Å². The van der Waals surface area contributed by atoms with Crippen molar-refractivity contribution in [3.8, 4) is 0 Å². The van der Waals surface area contributed by atoms with Crippen molar-refractivity contribution in [1.82, 2.24) is 0 Å². The van der Waals surface area contributed by atoms with Crippen LogP contribution in [0.1, 0.15) is 0 Å². The van der Waals surface area contributed by atoms with Crippen LogP contribution >= 0.6 is 15.6 Å². The van der Waals surface area contributed by atoms with E-state index in [4.69, 9.17) is 38.5 Å². The van der Waals surface area contributed by atoms with Gasteiger partial charge in [-0.15, -0.1) is 0 Å². The second-order valence-corrected chi connectivity index (χ2v) is 2.68. The SMILES string of the molecule is O=P([O-])([O-])[O-].O=P([O-])([O-])[O-].[Ca+2].[Mg+2]. The fraction of sp³-hybridized carbons (Fsp3) is 0. The Kier molecular flexibility index (Phi) is 19.4. The van der Waals surface area contributed by atoms with Crippen molar-refractivity contribution in [3.05, 3.63) is 0 Å². The number of hydrogen-bond donors (Lipinski definition) is 0. The molecular formula is CaMgO8P2-2. The molecule has 0 bridgehead atoms. The summed E-state index contributed by atoms with van der Waals surface area (Å²) in [7, 11) is -10.8. The molecule has 12 heavy (non-hydrogen) atoms. The van der Waals surface area contributed by atoms with Crippen molar-refractivity contribution in [2.75, 3.05) is 0 Å². The second-order valence-electron chi connectivity index (χ2n) is 0.894. The Morgan fingerprint density at radius 1 is 0.667 bits per heavy atom. The van der Waals surface area contributed by atoms with Gasteiger partial charge in [0, 0.05) is 0 Å². The first-order valence-electron chi connectivity index (χ1n) is 1.46. The number of phosphoric acid groups is 2. The zero-order chi connectivity index (χ0) is 9.00. The maximum Gasteiger partial charge on any atom is 2.00 e. The first-order chi connectivity index (χ1) is 4.00. The largest absolute Gasteiger partial charge is 2.00 e. The molecule has 0 amide bonds. The van der Waals surface area contributed by atoms with Gasteiger partial charge in [0.05, 0.1) is 0 Å². The van der Waals surface area contributed by atoms with E-state index in [-0.39, 0.29) is 60.8 Å². The summed E-state index contributed by atoms with van der Waals surface area (Å²) in [6.45, 7) is 0. The summed E-state index contributed by atoms with van der Waals surface area (Å²) in [5.41, 5.74) is 0. The third kappa shape index (κ3) is 307. The van der Waals surface area contributed by atoms with Crippen LogP contribution in [-0.4, -0.2) is 60.8 Å². The van der Waals surface area contributed by atoms with Crippen molar-refractivity contribution in [2.45, 2.75) is 0 Å². The quantitative estimate of drug-likeness (QED) is 0.303. The van der Waals surface area contributed by atoms with E-state index in [1.165, 1.54) is 0 Å². The summed E-state index contributed by atoms with van der Waals surface area (Å²) in [6, 6.07) is 0. The monoisotopic (exact) mass is 254 g/mol. The Labute approximate surface area is 114 Å². The minimum Gasteiger partial charge on any atom is -0.822 e. The molecule has 64 valence electrons. The minimum atomic E-state index is -5.39. The van der Waals surface area contributed by atoms with Crippen LogP contribution < -0.4 is 29.4 Å². The van der Waals surface area contributed by atoms with Crippen molar-refractivity contribution in [2.24, 2.45) is 0 Å². The molecule has 0 fully saturated rings. The zero-order valence-electron chi connectivity index (χ0n) is 5.57. The van der Waals surface area contributed by atoms with E-state index in [0.29, 0.717) is 0 Å². The summed E-state index contributed by atoms with van der Waals surface area (Å²) in [5.74, 6) is 0. The van der Waals surface area contributed by atoms with E-state index in [0.717, 1.165) is 0 Å². The summed E-state index contributed by atoms with van der Waals surface area (Å²) >= 11 is 0. The molecule has 0 aliphatic rings. The van der Waals surface area contributed by atoms with Crippen molar-refractivity contribution in [3.63, 3.8) is 0 Å². The average Bonchev–Trinajstić information content (AvgIpc) is 1.12. The molecule has 12 heteroatoms. The first kappa shape index (κ1) is 23.8. The van der Waals surface area contributed by atoms with Gasteiger partial charge in [0.15, 0.2) is 0 Å². The van der Waals surface area contributed by atoms with Gasteiger partial charge in [-0.2, -0.15) is 15.6 Å². The molecule has 0 spiro atoms. The molecular weight excluding hydrogens is 254 g/mol. The molecule has 0 aliphatic heterocycles. The third-order valence-corrected chi connectivity index (χ3v) is 0. The summed E-state index contributed by atoms with van der Waals surface area (Å²) in [5, 5.41) is 0. The second kappa shape index (κ2) is 9.79. The van der Waals surface area contributed by atoms with Crippen LogP contribution in [0.4, 0.5) is 0 Å². The Morgan fingerprint density at radius 2 is 0.667 bits per heavy atom. The van der Waals surface area contributed by atoms with E-state index in [9.17, 15) is 0 Å². The van der Waals surface area contributed by atoms with Crippen molar-refractivity contribution >= 4 is 76.4 Å². The van der Waals surface area contributed by atoms with Gasteiger partial charge in [-0.05, 0) is 0 Å². The molecule has 0 atom stereocenters. The van der Waals surface area contributed by atoms with E-state index in [1.54, 1.807) is 0 Å². The molecule has 8 nitrogen and oxygen atoms in total. The Morgan fingerprint density at radius 3 is 0.667 bits per heavy atom. The maximum atomic E-state index is 8.55. The van der Waals surface area contributed by atoms with Gasteiger partial charge in [0.25, 0.3) is 0 Å². The smallest absolute Gasteiger partial charge is 0.822 e. The van der Waals surface area contributed by atoms with Gasteiger partial charge in [0.1, 0.15) is 0 Å². The average molecular weight is 254 g/mol. The van der Waals surface area contributed by atoms with Gasteiger partial charge >= 0.3 is 60.8 Å². The van der Waals surface area contributed by atoms with E-state index < -0.39 is 15.6 Å². The van der Waals surface area contributed by atoms with Crippen LogP contribution in [0.3, 0.4) is 0 Å². The molecule has 0 radical (unpaired) electrons. The third-order valence-electron chi connectivity index (χ3n) is 0. The Balaban J connectivity index is -0.0000000457. The molecule has 0 saturated heterocycles. The van der Waals surface area contributed by atoms with Crippen LogP contribution in [0.15, 0.2) is 0 Å². The predicted molar refractivity (Wildman–Crippen MR) is 26.7 cm³/mol. The normalized spacial score (nSPS) is 9.83. The summed E-state index contributed by atoms with van der Waals surface area (Å²) in [4.78, 5) is 51.3. The molecule has 0 unspecified atom stereocenters. The van der Waals surface area contributed by atoms with Crippen LogP contribution in [0.25, 0.3) is 0 Å². The molecule has 0 N–H and O–H groups in total. The van der Waals surface area contributed by atoms with E-state index >= 15 is 0 Å². The van der Waals surface area contributed by atoms with Crippen LogP contribution in [0.2, 0.25) is 0 Å². The topological polar surface area (TPSA) is 172 Å². The predicted octanol–water partition coefficient (Wildman–Crippen LogP) is -6.41. The molecule has 0 saturated carbocycles. The van der Waals surface area contributed by atoms with Gasteiger partial charge in [-0.3, -0.25) is 0 Å². The van der Waals surface area contributed by atoms with Crippen LogP contribution in [-0.2, 0) is 9.13 Å². The van der Waals surface area contributed by atoms with Gasteiger partial charge in [-0.1, -0.05) is 0 Å². The molecule has 0 aromatic rings. The maximum absolute atomic E-state index is 8.55. The van der Waals surface area contributed by atoms with Gasteiger partial charge < -0.3 is 38.5 Å². The zero-order valence-corrected chi connectivity index (χ0v) is 11.0. The van der Waals surface area contributed by atoms with E-state index in [1.807, 2.05) is 0 Å². The van der Waals surface area contributed by atoms with Gasteiger partial charge in [0.2, 0.25) is 0 Å². The fourth-order valence-electron chi connectivity index (χ4n) is 0. The summed E-state index contributed by atoms with van der Waals surface area (Å²) in [6.07, 6.45) is 0. The standard InChI is InChI=1S/Ca.Mg.2H3O4P/c;;2*1-5(2,3)4/h;;2*(H3,1,2,3,4)/q2*+2;;/p-6. The van der Waals surface area contributed by atoms with E-state index in [2.05, 4.69) is 0 Å². The fourth-order valence-corrected chi connectivity index (χ4v) is 0. The molecule has 0 aliphatic carbocycles. The molecule has 0 aromatic carbocycles.